The van der Waals surface area contributed by atoms with E-state index in [1.165, 1.54) is 6.07 Å². The van der Waals surface area contributed by atoms with Gasteiger partial charge in [0.1, 0.15) is 5.82 Å². The summed E-state index contributed by atoms with van der Waals surface area (Å²) in [6.45, 7) is 2.45. The lowest BCUT2D eigenvalue weighted by molar-refractivity contribution is 0.206. The van der Waals surface area contributed by atoms with Crippen molar-refractivity contribution < 1.29 is 9.13 Å². The minimum absolute atomic E-state index is 0.141. The fraction of sp³-hybridized carbons (Fsp3) is 0.412. The summed E-state index contributed by atoms with van der Waals surface area (Å²) in [5.41, 5.74) is 0.741. The Kier molecular flexibility index (Phi) is 5.02. The monoisotopic (exact) mass is 316 g/mol. The molecule has 3 rings (SSSR count). The molecule has 1 aromatic carbocycles. The molecule has 2 heterocycles. The van der Waals surface area contributed by atoms with Crippen molar-refractivity contribution in [2.24, 2.45) is 0 Å². The van der Waals surface area contributed by atoms with E-state index in [4.69, 9.17) is 4.74 Å². The summed E-state index contributed by atoms with van der Waals surface area (Å²) >= 11 is 0. The topological polar surface area (TPSA) is 50.3 Å². The minimum Gasteiger partial charge on any atom is -0.478 e. The zero-order valence-corrected chi connectivity index (χ0v) is 13.2. The first kappa shape index (κ1) is 15.7. The molecule has 0 bridgehead atoms. The van der Waals surface area contributed by atoms with Crippen LogP contribution in [-0.4, -0.2) is 41.1 Å². The third-order valence-electron chi connectivity index (χ3n) is 4.06. The first-order chi connectivity index (χ1) is 11.3. The van der Waals surface area contributed by atoms with Gasteiger partial charge in [-0.25, -0.2) is 14.4 Å². The van der Waals surface area contributed by atoms with E-state index in [-0.39, 0.29) is 11.9 Å². The lowest BCUT2D eigenvalue weighted by Gasteiger charge is -2.33. The van der Waals surface area contributed by atoms with Gasteiger partial charge in [-0.1, -0.05) is 18.2 Å². The SMILES string of the molecule is COc1nccnc1N[C@@H]1CCCN(Cc2ccccc2F)C1. The Labute approximate surface area is 135 Å². The first-order valence-corrected chi connectivity index (χ1v) is 7.83. The highest BCUT2D eigenvalue weighted by Gasteiger charge is 2.22. The number of nitrogens with zero attached hydrogens (tertiary/aromatic N) is 3. The highest BCUT2D eigenvalue weighted by molar-refractivity contribution is 5.45. The molecule has 1 aliphatic heterocycles. The second-order valence-electron chi connectivity index (χ2n) is 5.72. The van der Waals surface area contributed by atoms with Gasteiger partial charge in [-0.2, -0.15) is 0 Å². The van der Waals surface area contributed by atoms with Crippen molar-refractivity contribution in [3.05, 3.63) is 48.0 Å². The van der Waals surface area contributed by atoms with Crippen LogP contribution < -0.4 is 10.1 Å². The van der Waals surface area contributed by atoms with Crippen LogP contribution in [-0.2, 0) is 6.54 Å². The number of methoxy groups -OCH3 is 1. The standard InChI is InChI=1S/C17H21FN4O/c1-23-17-16(19-8-9-20-17)21-14-6-4-10-22(12-14)11-13-5-2-3-7-15(13)18/h2-3,5,7-9,14H,4,6,10-12H2,1H3,(H,19,21)/t14-/m1/s1. The van der Waals surface area contributed by atoms with E-state index >= 15 is 0 Å². The van der Waals surface area contributed by atoms with Gasteiger partial charge in [-0.15, -0.1) is 0 Å². The van der Waals surface area contributed by atoms with E-state index in [1.807, 2.05) is 12.1 Å². The predicted octanol–water partition coefficient (Wildman–Crippen LogP) is 2.70. The quantitative estimate of drug-likeness (QED) is 0.919. The number of aromatic nitrogens is 2. The summed E-state index contributed by atoms with van der Waals surface area (Å²) in [6, 6.07) is 7.21. The summed E-state index contributed by atoms with van der Waals surface area (Å²) in [6.07, 6.45) is 5.36. The Balaban J connectivity index is 1.63. The number of piperidine rings is 1. The fourth-order valence-corrected chi connectivity index (χ4v) is 2.95. The summed E-state index contributed by atoms with van der Waals surface area (Å²) in [7, 11) is 1.58. The number of anilines is 1. The van der Waals surface area contributed by atoms with E-state index < -0.39 is 0 Å². The van der Waals surface area contributed by atoms with Crippen molar-refractivity contribution >= 4 is 5.82 Å². The van der Waals surface area contributed by atoms with Gasteiger partial charge >= 0.3 is 0 Å². The first-order valence-electron chi connectivity index (χ1n) is 7.83. The Morgan fingerprint density at radius 3 is 2.96 bits per heavy atom. The molecule has 1 aromatic heterocycles. The van der Waals surface area contributed by atoms with E-state index in [1.54, 1.807) is 25.6 Å². The van der Waals surface area contributed by atoms with Gasteiger partial charge in [0.25, 0.3) is 5.88 Å². The van der Waals surface area contributed by atoms with Crippen molar-refractivity contribution in [3.8, 4) is 5.88 Å². The van der Waals surface area contributed by atoms with Crippen LogP contribution in [0.15, 0.2) is 36.7 Å². The molecule has 0 amide bonds. The number of rotatable bonds is 5. The van der Waals surface area contributed by atoms with Crippen LogP contribution in [0.2, 0.25) is 0 Å². The third-order valence-corrected chi connectivity index (χ3v) is 4.06. The lowest BCUT2D eigenvalue weighted by Crippen LogP contribution is -2.42. The molecule has 23 heavy (non-hydrogen) atoms. The van der Waals surface area contributed by atoms with Crippen molar-refractivity contribution in [1.82, 2.24) is 14.9 Å². The summed E-state index contributed by atoms with van der Waals surface area (Å²) in [5, 5.41) is 3.40. The highest BCUT2D eigenvalue weighted by atomic mass is 19.1. The third kappa shape index (κ3) is 3.96. The van der Waals surface area contributed by atoms with Crippen LogP contribution in [0.3, 0.4) is 0 Å². The van der Waals surface area contributed by atoms with Crippen LogP contribution in [0.5, 0.6) is 5.88 Å². The zero-order valence-electron chi connectivity index (χ0n) is 13.2. The molecule has 5 nitrogen and oxygen atoms in total. The minimum atomic E-state index is -0.141. The predicted molar refractivity (Wildman–Crippen MR) is 86.9 cm³/mol. The van der Waals surface area contributed by atoms with Crippen molar-refractivity contribution in [2.45, 2.75) is 25.4 Å². The zero-order chi connectivity index (χ0) is 16.1. The molecule has 0 saturated carbocycles. The molecule has 2 aromatic rings. The molecule has 0 aliphatic carbocycles. The number of hydrogen-bond donors (Lipinski definition) is 1. The second-order valence-corrected chi connectivity index (χ2v) is 5.72. The molecular formula is C17H21FN4O. The molecular weight excluding hydrogens is 295 g/mol. The van der Waals surface area contributed by atoms with Crippen LogP contribution in [0, 0.1) is 5.82 Å². The largest absolute Gasteiger partial charge is 0.478 e. The van der Waals surface area contributed by atoms with Crippen LogP contribution in [0.1, 0.15) is 18.4 Å². The number of likely N-dealkylation sites (tertiary alicyclic amines) is 1. The van der Waals surface area contributed by atoms with Gasteiger partial charge in [0.15, 0.2) is 5.82 Å². The Morgan fingerprint density at radius 1 is 1.30 bits per heavy atom. The van der Waals surface area contributed by atoms with Crippen LogP contribution >= 0.6 is 0 Å². The summed E-state index contributed by atoms with van der Waals surface area (Å²) in [4.78, 5) is 10.7. The Morgan fingerprint density at radius 2 is 2.13 bits per heavy atom. The maximum Gasteiger partial charge on any atom is 0.257 e. The molecule has 0 radical (unpaired) electrons. The second kappa shape index (κ2) is 7.37. The fourth-order valence-electron chi connectivity index (χ4n) is 2.95. The summed E-state index contributed by atoms with van der Waals surface area (Å²) < 4.78 is 19.0. The number of benzene rings is 1. The Hall–Kier alpha value is -2.21. The van der Waals surface area contributed by atoms with Gasteiger partial charge in [-0.3, -0.25) is 4.90 Å². The summed E-state index contributed by atoms with van der Waals surface area (Å²) in [5.74, 6) is 1.02. The number of ether oxygens (including phenoxy) is 1. The van der Waals surface area contributed by atoms with Gasteiger partial charge in [-0.05, 0) is 25.5 Å². The van der Waals surface area contributed by atoms with E-state index in [0.29, 0.717) is 18.2 Å². The molecule has 0 spiro atoms. The maximum absolute atomic E-state index is 13.8. The average Bonchev–Trinajstić information content (AvgIpc) is 2.58. The molecule has 0 unspecified atom stereocenters. The normalized spacial score (nSPS) is 18.6. The van der Waals surface area contributed by atoms with Crippen LogP contribution in [0.4, 0.5) is 10.2 Å². The lowest BCUT2D eigenvalue weighted by atomic mass is 10.0. The van der Waals surface area contributed by atoms with Crippen LogP contribution in [0.25, 0.3) is 0 Å². The molecule has 122 valence electrons. The number of nitrogens with one attached hydrogen (secondary N) is 1. The van der Waals surface area contributed by atoms with Gasteiger partial charge in [0, 0.05) is 37.1 Å². The number of hydrogen-bond acceptors (Lipinski definition) is 5. The molecule has 1 N–H and O–H groups in total. The van der Waals surface area contributed by atoms with Gasteiger partial charge < -0.3 is 10.1 Å². The molecule has 1 fully saturated rings. The van der Waals surface area contributed by atoms with Gasteiger partial charge in [0.05, 0.1) is 7.11 Å². The molecule has 6 heteroatoms. The van der Waals surface area contributed by atoms with Crippen molar-refractivity contribution in [3.63, 3.8) is 0 Å². The van der Waals surface area contributed by atoms with Gasteiger partial charge in [0.2, 0.25) is 0 Å². The maximum atomic E-state index is 13.8. The van der Waals surface area contributed by atoms with E-state index in [9.17, 15) is 4.39 Å². The highest BCUT2D eigenvalue weighted by Crippen LogP contribution is 2.22. The van der Waals surface area contributed by atoms with Crippen molar-refractivity contribution in [1.29, 1.82) is 0 Å². The molecule has 1 atom stereocenters. The average molecular weight is 316 g/mol. The number of halogens is 1. The smallest absolute Gasteiger partial charge is 0.257 e. The molecule has 1 aliphatic rings. The van der Waals surface area contributed by atoms with Crippen molar-refractivity contribution in [2.75, 3.05) is 25.5 Å². The van der Waals surface area contributed by atoms with E-state index in [2.05, 4.69) is 20.2 Å². The molecule has 1 saturated heterocycles. The van der Waals surface area contributed by atoms with E-state index in [0.717, 1.165) is 31.5 Å². The Bertz CT molecular complexity index is 652.